The van der Waals surface area contributed by atoms with E-state index in [1.165, 1.54) is 0 Å². The normalized spacial score (nSPS) is 10.6. The molecule has 1 N–H and O–H groups in total. The molecule has 21 heavy (non-hydrogen) atoms. The van der Waals surface area contributed by atoms with E-state index in [1.54, 1.807) is 6.20 Å². The Bertz CT molecular complexity index is 543. The van der Waals surface area contributed by atoms with Gasteiger partial charge in [0.1, 0.15) is 11.6 Å². The fourth-order valence-electron chi connectivity index (χ4n) is 2.00. The molecular weight excluding hydrogens is 266 g/mol. The van der Waals surface area contributed by atoms with E-state index in [0.717, 1.165) is 44.0 Å². The number of rotatable bonds is 8. The lowest BCUT2D eigenvalue weighted by molar-refractivity contribution is 0.457. The van der Waals surface area contributed by atoms with Crippen LogP contribution in [0.25, 0.3) is 0 Å². The molecule has 2 aromatic heterocycles. The molecule has 0 bridgehead atoms. The van der Waals surface area contributed by atoms with E-state index in [1.807, 2.05) is 23.9 Å². The predicted molar refractivity (Wildman–Crippen MR) is 82.8 cm³/mol. The van der Waals surface area contributed by atoms with Gasteiger partial charge in [-0.2, -0.15) is 10.1 Å². The second-order valence-electron chi connectivity index (χ2n) is 4.83. The highest BCUT2D eigenvalue weighted by Crippen LogP contribution is 2.21. The van der Waals surface area contributed by atoms with Gasteiger partial charge in [-0.05, 0) is 19.8 Å². The van der Waals surface area contributed by atoms with Crippen LogP contribution in [0, 0.1) is 0 Å². The van der Waals surface area contributed by atoms with Crippen molar-refractivity contribution in [2.75, 3.05) is 11.9 Å². The maximum absolute atomic E-state index is 5.80. The smallest absolute Gasteiger partial charge is 0.224 e. The molecule has 0 aliphatic rings. The molecule has 0 aliphatic carbocycles. The maximum Gasteiger partial charge on any atom is 0.224 e. The summed E-state index contributed by atoms with van der Waals surface area (Å²) >= 11 is 0. The summed E-state index contributed by atoms with van der Waals surface area (Å²) in [4.78, 5) is 8.91. The van der Waals surface area contributed by atoms with Crippen molar-refractivity contribution in [1.82, 2.24) is 19.7 Å². The first-order valence-corrected chi connectivity index (χ1v) is 7.57. The third kappa shape index (κ3) is 4.44. The van der Waals surface area contributed by atoms with Gasteiger partial charge in [-0.25, -0.2) is 4.98 Å². The van der Waals surface area contributed by atoms with Gasteiger partial charge in [0.05, 0.1) is 12.4 Å². The van der Waals surface area contributed by atoms with Crippen molar-refractivity contribution in [3.05, 3.63) is 24.3 Å². The van der Waals surface area contributed by atoms with Crippen LogP contribution in [0.3, 0.4) is 0 Å². The Balaban J connectivity index is 2.16. The quantitative estimate of drug-likeness (QED) is 0.808. The van der Waals surface area contributed by atoms with E-state index in [0.29, 0.717) is 11.6 Å². The zero-order valence-electron chi connectivity index (χ0n) is 13.0. The Kier molecular flexibility index (Phi) is 5.54. The van der Waals surface area contributed by atoms with Gasteiger partial charge < -0.3 is 10.1 Å². The first kappa shape index (κ1) is 15.3. The summed E-state index contributed by atoms with van der Waals surface area (Å²) in [6.07, 6.45) is 6.48. The van der Waals surface area contributed by atoms with Gasteiger partial charge in [-0.15, -0.1) is 0 Å². The van der Waals surface area contributed by atoms with Crippen LogP contribution >= 0.6 is 0 Å². The first-order valence-electron chi connectivity index (χ1n) is 7.57. The zero-order valence-corrected chi connectivity index (χ0v) is 13.0. The van der Waals surface area contributed by atoms with Crippen molar-refractivity contribution in [2.24, 2.45) is 0 Å². The van der Waals surface area contributed by atoms with Crippen LogP contribution in [0.5, 0.6) is 11.6 Å². The van der Waals surface area contributed by atoms with Crippen molar-refractivity contribution >= 4 is 5.82 Å². The van der Waals surface area contributed by atoms with Crippen molar-refractivity contribution in [1.29, 1.82) is 0 Å². The highest BCUT2D eigenvalue weighted by Gasteiger charge is 2.07. The lowest BCUT2D eigenvalue weighted by Crippen LogP contribution is -2.04. The standard InChI is InChI=1S/C15H23N5O/c1-4-7-13-18-14(16-6-3)9-15(19-13)21-12-10-17-20(11-12)8-5-2/h9-11H,4-8H2,1-3H3,(H,16,18,19). The van der Waals surface area contributed by atoms with E-state index < -0.39 is 0 Å². The molecule has 0 radical (unpaired) electrons. The average Bonchev–Trinajstić information content (AvgIpc) is 2.87. The van der Waals surface area contributed by atoms with Gasteiger partial charge in [0, 0.05) is 25.6 Å². The lowest BCUT2D eigenvalue weighted by atomic mass is 10.3. The van der Waals surface area contributed by atoms with Crippen LogP contribution in [0.1, 0.15) is 39.4 Å². The molecule has 0 saturated carbocycles. The number of aryl methyl sites for hydroxylation is 2. The Labute approximate surface area is 125 Å². The Hall–Kier alpha value is -2.11. The Morgan fingerprint density at radius 2 is 2.05 bits per heavy atom. The molecule has 2 aromatic rings. The molecule has 0 spiro atoms. The molecule has 0 aliphatic heterocycles. The summed E-state index contributed by atoms with van der Waals surface area (Å²) in [6, 6.07) is 1.82. The summed E-state index contributed by atoms with van der Waals surface area (Å²) in [5.74, 6) is 2.85. The molecule has 2 rings (SSSR count). The molecular formula is C15H23N5O. The third-order valence-electron chi connectivity index (χ3n) is 2.87. The van der Waals surface area contributed by atoms with Crippen LogP contribution < -0.4 is 10.1 Å². The van der Waals surface area contributed by atoms with Gasteiger partial charge in [-0.1, -0.05) is 13.8 Å². The van der Waals surface area contributed by atoms with Gasteiger partial charge in [0.15, 0.2) is 5.75 Å². The van der Waals surface area contributed by atoms with Crippen molar-refractivity contribution in [3.63, 3.8) is 0 Å². The molecule has 0 atom stereocenters. The Morgan fingerprint density at radius 1 is 1.19 bits per heavy atom. The van der Waals surface area contributed by atoms with E-state index in [9.17, 15) is 0 Å². The molecule has 0 fully saturated rings. The van der Waals surface area contributed by atoms with Crippen LogP contribution in [-0.4, -0.2) is 26.3 Å². The summed E-state index contributed by atoms with van der Waals surface area (Å²) < 4.78 is 7.67. The summed E-state index contributed by atoms with van der Waals surface area (Å²) in [5, 5.41) is 7.46. The highest BCUT2D eigenvalue weighted by molar-refractivity contribution is 5.39. The van der Waals surface area contributed by atoms with Crippen LogP contribution in [0.4, 0.5) is 5.82 Å². The zero-order chi connectivity index (χ0) is 15.1. The minimum absolute atomic E-state index is 0.556. The van der Waals surface area contributed by atoms with Gasteiger partial charge in [0.25, 0.3) is 0 Å². The number of hydrogen-bond donors (Lipinski definition) is 1. The van der Waals surface area contributed by atoms with Gasteiger partial charge >= 0.3 is 0 Å². The molecule has 0 aromatic carbocycles. The molecule has 0 amide bonds. The fraction of sp³-hybridized carbons (Fsp3) is 0.533. The van der Waals surface area contributed by atoms with E-state index in [-0.39, 0.29) is 0 Å². The number of nitrogens with zero attached hydrogens (tertiary/aromatic N) is 4. The molecule has 0 saturated heterocycles. The molecule has 2 heterocycles. The maximum atomic E-state index is 5.80. The van der Waals surface area contributed by atoms with Crippen LogP contribution in [0.15, 0.2) is 18.5 Å². The number of hydrogen-bond acceptors (Lipinski definition) is 5. The largest absolute Gasteiger partial charge is 0.436 e. The van der Waals surface area contributed by atoms with Crippen LogP contribution in [0.2, 0.25) is 0 Å². The van der Waals surface area contributed by atoms with Crippen molar-refractivity contribution < 1.29 is 4.74 Å². The van der Waals surface area contributed by atoms with Gasteiger partial charge in [-0.3, -0.25) is 4.68 Å². The Morgan fingerprint density at radius 3 is 2.76 bits per heavy atom. The van der Waals surface area contributed by atoms with Gasteiger partial charge in [0.2, 0.25) is 5.88 Å². The molecule has 6 heteroatoms. The highest BCUT2D eigenvalue weighted by atomic mass is 16.5. The molecule has 0 unspecified atom stereocenters. The summed E-state index contributed by atoms with van der Waals surface area (Å²) in [5.41, 5.74) is 0. The second-order valence-corrected chi connectivity index (χ2v) is 4.83. The minimum Gasteiger partial charge on any atom is -0.436 e. The average molecular weight is 289 g/mol. The molecule has 6 nitrogen and oxygen atoms in total. The number of aromatic nitrogens is 4. The number of ether oxygens (including phenoxy) is 1. The first-order chi connectivity index (χ1) is 10.2. The van der Waals surface area contributed by atoms with E-state index in [2.05, 4.69) is 34.2 Å². The predicted octanol–water partition coefficient (Wildman–Crippen LogP) is 3.26. The molecule has 114 valence electrons. The topological polar surface area (TPSA) is 64.9 Å². The number of anilines is 1. The summed E-state index contributed by atoms with van der Waals surface area (Å²) in [7, 11) is 0. The SMILES string of the molecule is CCCc1nc(NCC)cc(Oc2cnn(CCC)c2)n1. The third-order valence-corrected chi connectivity index (χ3v) is 2.87. The van der Waals surface area contributed by atoms with Crippen molar-refractivity contribution in [3.8, 4) is 11.6 Å². The van der Waals surface area contributed by atoms with Crippen molar-refractivity contribution in [2.45, 2.75) is 46.6 Å². The minimum atomic E-state index is 0.556. The monoisotopic (exact) mass is 289 g/mol. The second kappa shape index (κ2) is 7.61. The van der Waals surface area contributed by atoms with Crippen LogP contribution in [-0.2, 0) is 13.0 Å². The fourth-order valence-corrected chi connectivity index (χ4v) is 2.00. The van der Waals surface area contributed by atoms with E-state index >= 15 is 0 Å². The van der Waals surface area contributed by atoms with E-state index in [4.69, 9.17) is 4.74 Å². The lowest BCUT2D eigenvalue weighted by Gasteiger charge is -2.08. The summed E-state index contributed by atoms with van der Waals surface area (Å²) in [6.45, 7) is 7.97. The number of nitrogens with one attached hydrogen (secondary N) is 1.